The number of aryl methyl sites for hydroxylation is 1. The lowest BCUT2D eigenvalue weighted by Gasteiger charge is -2.32. The second kappa shape index (κ2) is 9.34. The molecule has 0 aliphatic carbocycles. The third kappa shape index (κ3) is 5.56. The average molecular weight is 353 g/mol. The molecule has 1 saturated heterocycles. The largest absolute Gasteiger partial charge is 0.497 e. The lowest BCUT2D eigenvalue weighted by Crippen LogP contribution is -2.44. The normalized spacial score (nSPS) is 15.6. The minimum absolute atomic E-state index is 0.143. The molecule has 0 radical (unpaired) electrons. The second-order valence-electron chi connectivity index (χ2n) is 6.79. The summed E-state index contributed by atoms with van der Waals surface area (Å²) in [6.45, 7) is 2.89. The first-order chi connectivity index (χ1) is 12.7. The average Bonchev–Trinajstić information content (AvgIpc) is 2.69. The SMILES string of the molecule is COc1ccc(CCC(=O)NC2CCN(Cc3ccccn3)CC2)cc1. The van der Waals surface area contributed by atoms with Crippen LogP contribution < -0.4 is 10.1 Å². The van der Waals surface area contributed by atoms with E-state index >= 15 is 0 Å². The van der Waals surface area contributed by atoms with E-state index in [9.17, 15) is 4.79 Å². The molecule has 0 unspecified atom stereocenters. The van der Waals surface area contributed by atoms with E-state index in [2.05, 4.69) is 21.3 Å². The van der Waals surface area contributed by atoms with Crippen molar-refractivity contribution < 1.29 is 9.53 Å². The first kappa shape index (κ1) is 18.4. The molecule has 1 N–H and O–H groups in total. The molecule has 2 heterocycles. The number of likely N-dealkylation sites (tertiary alicyclic amines) is 1. The Bertz CT molecular complexity index is 680. The third-order valence-corrected chi connectivity index (χ3v) is 4.86. The molecule has 0 saturated carbocycles. The van der Waals surface area contributed by atoms with E-state index in [-0.39, 0.29) is 5.91 Å². The first-order valence-electron chi connectivity index (χ1n) is 9.27. The molecule has 1 aromatic carbocycles. The molecule has 0 spiro atoms. The lowest BCUT2D eigenvalue weighted by atomic mass is 10.0. The van der Waals surface area contributed by atoms with Crippen LogP contribution in [0.5, 0.6) is 5.75 Å². The van der Waals surface area contributed by atoms with Crippen molar-refractivity contribution in [3.8, 4) is 5.75 Å². The fraction of sp³-hybridized carbons (Fsp3) is 0.429. The van der Waals surface area contributed by atoms with Gasteiger partial charge in [0, 0.05) is 38.3 Å². The summed E-state index contributed by atoms with van der Waals surface area (Å²) in [6.07, 6.45) is 5.13. The molecular weight excluding hydrogens is 326 g/mol. The molecule has 1 fully saturated rings. The van der Waals surface area contributed by atoms with E-state index in [0.29, 0.717) is 12.5 Å². The topological polar surface area (TPSA) is 54.5 Å². The summed E-state index contributed by atoms with van der Waals surface area (Å²) < 4.78 is 5.15. The summed E-state index contributed by atoms with van der Waals surface area (Å²) in [7, 11) is 1.66. The first-order valence-corrected chi connectivity index (χ1v) is 9.27. The molecule has 1 aliphatic heterocycles. The predicted molar refractivity (Wildman–Crippen MR) is 102 cm³/mol. The molecule has 0 bridgehead atoms. The standard InChI is InChI=1S/C21H27N3O2/c1-26-20-8-5-17(6-9-20)7-10-21(25)23-18-11-14-24(15-12-18)16-19-4-2-3-13-22-19/h2-6,8-9,13,18H,7,10-12,14-16H2,1H3,(H,23,25). The Hall–Kier alpha value is -2.40. The highest BCUT2D eigenvalue weighted by atomic mass is 16.5. The Labute approximate surface area is 155 Å². The van der Waals surface area contributed by atoms with Crippen LogP contribution in [0.25, 0.3) is 0 Å². The number of ether oxygens (including phenoxy) is 1. The zero-order valence-corrected chi connectivity index (χ0v) is 15.4. The van der Waals surface area contributed by atoms with E-state index in [4.69, 9.17) is 4.74 Å². The molecule has 1 aromatic heterocycles. The highest BCUT2D eigenvalue weighted by Gasteiger charge is 2.20. The number of benzene rings is 1. The molecule has 5 heteroatoms. The van der Waals surface area contributed by atoms with Crippen LogP contribution in [0.4, 0.5) is 0 Å². The quantitative estimate of drug-likeness (QED) is 0.832. The van der Waals surface area contributed by atoms with Gasteiger partial charge in [-0.05, 0) is 49.1 Å². The zero-order valence-electron chi connectivity index (χ0n) is 15.4. The van der Waals surface area contributed by atoms with Crippen molar-refractivity contribution in [2.45, 2.75) is 38.3 Å². The van der Waals surface area contributed by atoms with Gasteiger partial charge >= 0.3 is 0 Å². The molecule has 5 nitrogen and oxygen atoms in total. The highest BCUT2D eigenvalue weighted by Crippen LogP contribution is 2.14. The summed E-state index contributed by atoms with van der Waals surface area (Å²) in [5.41, 5.74) is 2.26. The van der Waals surface area contributed by atoms with Crippen molar-refractivity contribution in [1.82, 2.24) is 15.2 Å². The van der Waals surface area contributed by atoms with Crippen molar-refractivity contribution >= 4 is 5.91 Å². The Morgan fingerprint density at radius 1 is 1.19 bits per heavy atom. The number of hydrogen-bond donors (Lipinski definition) is 1. The monoisotopic (exact) mass is 353 g/mol. The molecule has 1 amide bonds. The van der Waals surface area contributed by atoms with Crippen LogP contribution in [-0.2, 0) is 17.8 Å². The number of aromatic nitrogens is 1. The van der Waals surface area contributed by atoms with Crippen molar-refractivity contribution in [1.29, 1.82) is 0 Å². The van der Waals surface area contributed by atoms with Gasteiger partial charge in [0.2, 0.25) is 5.91 Å². The molecule has 26 heavy (non-hydrogen) atoms. The van der Waals surface area contributed by atoms with Gasteiger partial charge in [-0.1, -0.05) is 18.2 Å². The van der Waals surface area contributed by atoms with Crippen molar-refractivity contribution in [2.75, 3.05) is 20.2 Å². The molecule has 3 rings (SSSR count). The van der Waals surface area contributed by atoms with Crippen molar-refractivity contribution in [3.05, 3.63) is 59.9 Å². The number of methoxy groups -OCH3 is 1. The number of amides is 1. The predicted octanol–water partition coefficient (Wildman–Crippen LogP) is 2.80. The van der Waals surface area contributed by atoms with E-state index < -0.39 is 0 Å². The molecule has 1 aliphatic rings. The number of carbonyl (C=O) groups is 1. The molecule has 2 aromatic rings. The Morgan fingerprint density at radius 3 is 2.62 bits per heavy atom. The van der Waals surface area contributed by atoms with Gasteiger partial charge in [0.25, 0.3) is 0 Å². The Kier molecular flexibility index (Phi) is 6.61. The number of piperidine rings is 1. The number of rotatable bonds is 7. The van der Waals surface area contributed by atoms with Crippen LogP contribution in [-0.4, -0.2) is 42.0 Å². The number of hydrogen-bond acceptors (Lipinski definition) is 4. The summed E-state index contributed by atoms with van der Waals surface area (Å²) in [4.78, 5) is 19.0. The lowest BCUT2D eigenvalue weighted by molar-refractivity contribution is -0.122. The number of pyridine rings is 1. The van der Waals surface area contributed by atoms with E-state index in [0.717, 1.165) is 55.9 Å². The van der Waals surface area contributed by atoms with E-state index in [1.54, 1.807) is 7.11 Å². The van der Waals surface area contributed by atoms with Crippen LogP contribution in [0.2, 0.25) is 0 Å². The van der Waals surface area contributed by atoms with Gasteiger partial charge in [0.15, 0.2) is 0 Å². The summed E-state index contributed by atoms with van der Waals surface area (Å²) in [6, 6.07) is 14.2. The number of nitrogens with zero attached hydrogens (tertiary/aromatic N) is 2. The minimum atomic E-state index is 0.143. The van der Waals surface area contributed by atoms with Gasteiger partial charge < -0.3 is 10.1 Å². The minimum Gasteiger partial charge on any atom is -0.497 e. The van der Waals surface area contributed by atoms with Crippen LogP contribution >= 0.6 is 0 Å². The fourth-order valence-corrected chi connectivity index (χ4v) is 3.31. The molecule has 138 valence electrons. The van der Waals surface area contributed by atoms with Gasteiger partial charge in [0.1, 0.15) is 5.75 Å². The van der Waals surface area contributed by atoms with Crippen LogP contribution in [0, 0.1) is 0 Å². The number of nitrogens with one attached hydrogen (secondary N) is 1. The zero-order chi connectivity index (χ0) is 18.2. The Balaban J connectivity index is 1.36. The maximum atomic E-state index is 12.2. The van der Waals surface area contributed by atoms with Gasteiger partial charge in [-0.3, -0.25) is 14.7 Å². The van der Waals surface area contributed by atoms with Crippen LogP contribution in [0.15, 0.2) is 48.7 Å². The smallest absolute Gasteiger partial charge is 0.220 e. The summed E-state index contributed by atoms with van der Waals surface area (Å²) in [5, 5.41) is 3.19. The van der Waals surface area contributed by atoms with Gasteiger partial charge in [0.05, 0.1) is 12.8 Å². The van der Waals surface area contributed by atoms with E-state index in [1.807, 2.05) is 42.6 Å². The van der Waals surface area contributed by atoms with Crippen molar-refractivity contribution in [3.63, 3.8) is 0 Å². The summed E-state index contributed by atoms with van der Waals surface area (Å²) in [5.74, 6) is 0.986. The van der Waals surface area contributed by atoms with Gasteiger partial charge in [-0.15, -0.1) is 0 Å². The maximum absolute atomic E-state index is 12.2. The number of carbonyl (C=O) groups excluding carboxylic acids is 1. The second-order valence-corrected chi connectivity index (χ2v) is 6.79. The van der Waals surface area contributed by atoms with Gasteiger partial charge in [-0.2, -0.15) is 0 Å². The third-order valence-electron chi connectivity index (χ3n) is 4.86. The molecule has 0 atom stereocenters. The fourth-order valence-electron chi connectivity index (χ4n) is 3.31. The Morgan fingerprint density at radius 2 is 1.96 bits per heavy atom. The highest BCUT2D eigenvalue weighted by molar-refractivity contribution is 5.76. The van der Waals surface area contributed by atoms with Crippen LogP contribution in [0.3, 0.4) is 0 Å². The van der Waals surface area contributed by atoms with E-state index in [1.165, 1.54) is 0 Å². The molecular formula is C21H27N3O2. The summed E-state index contributed by atoms with van der Waals surface area (Å²) >= 11 is 0. The van der Waals surface area contributed by atoms with Gasteiger partial charge in [-0.25, -0.2) is 0 Å². The van der Waals surface area contributed by atoms with Crippen LogP contribution in [0.1, 0.15) is 30.5 Å². The maximum Gasteiger partial charge on any atom is 0.220 e. The van der Waals surface area contributed by atoms with Crippen molar-refractivity contribution in [2.24, 2.45) is 0 Å².